The first-order valence-corrected chi connectivity index (χ1v) is 14.0. The normalized spacial score (nSPS) is 19.8. The summed E-state index contributed by atoms with van der Waals surface area (Å²) < 4.78 is 0. The number of carbonyl (C=O) groups is 2. The molecule has 2 unspecified atom stereocenters. The van der Waals surface area contributed by atoms with Gasteiger partial charge in [-0.3, -0.25) is 9.59 Å². The summed E-state index contributed by atoms with van der Waals surface area (Å²) in [6.45, 7) is 17.7. The molecule has 3 nitrogen and oxygen atoms in total. The fourth-order valence-corrected chi connectivity index (χ4v) is 5.50. The van der Waals surface area contributed by atoms with E-state index < -0.39 is 0 Å². The molecule has 0 aromatic rings. The molecule has 0 bridgehead atoms. The minimum absolute atomic E-state index is 0.0505. The maximum Gasteiger partial charge on any atom is 0.168 e. The number of ketones is 2. The van der Waals surface area contributed by atoms with Gasteiger partial charge in [-0.15, -0.1) is 0 Å². The molecular formula is C30H55NO2. The number of nitrogens with one attached hydrogen (secondary N) is 1. The SMILES string of the molecule is CCCCCCCC(C)(CC)CC(NC(C)(CCC)CCCC)=C1C(=O)CC(C)(C)CC1=O. The number of hydrogen-bond acceptors (Lipinski definition) is 3. The predicted molar refractivity (Wildman–Crippen MR) is 142 cm³/mol. The van der Waals surface area contributed by atoms with Gasteiger partial charge in [0.15, 0.2) is 11.6 Å². The fraction of sp³-hybridized carbons (Fsp3) is 0.867. The molecule has 1 aliphatic carbocycles. The van der Waals surface area contributed by atoms with Crippen LogP contribution in [-0.4, -0.2) is 17.1 Å². The van der Waals surface area contributed by atoms with Gasteiger partial charge in [-0.1, -0.05) is 106 Å². The van der Waals surface area contributed by atoms with E-state index in [2.05, 4.69) is 46.9 Å². The monoisotopic (exact) mass is 461 g/mol. The molecule has 0 heterocycles. The van der Waals surface area contributed by atoms with Crippen molar-refractivity contribution in [1.82, 2.24) is 5.32 Å². The van der Waals surface area contributed by atoms with E-state index in [0.717, 1.165) is 57.1 Å². The van der Waals surface area contributed by atoms with Gasteiger partial charge in [0.1, 0.15) is 0 Å². The van der Waals surface area contributed by atoms with E-state index in [1.54, 1.807) is 0 Å². The zero-order chi connectivity index (χ0) is 25.1. The van der Waals surface area contributed by atoms with Gasteiger partial charge in [0.2, 0.25) is 0 Å². The van der Waals surface area contributed by atoms with Gasteiger partial charge in [-0.25, -0.2) is 0 Å². The van der Waals surface area contributed by atoms with Gasteiger partial charge in [0.05, 0.1) is 5.57 Å². The summed E-state index contributed by atoms with van der Waals surface area (Å²) in [6.07, 6.45) is 15.9. The fourth-order valence-electron chi connectivity index (χ4n) is 5.50. The van der Waals surface area contributed by atoms with Crippen molar-refractivity contribution in [3.8, 4) is 0 Å². The van der Waals surface area contributed by atoms with Crippen LogP contribution in [0.3, 0.4) is 0 Å². The third-order valence-corrected chi connectivity index (χ3v) is 7.82. The zero-order valence-corrected chi connectivity index (χ0v) is 23.4. The molecule has 33 heavy (non-hydrogen) atoms. The lowest BCUT2D eigenvalue weighted by atomic mass is 9.71. The van der Waals surface area contributed by atoms with Crippen LogP contribution in [0.25, 0.3) is 0 Å². The summed E-state index contributed by atoms with van der Waals surface area (Å²) in [5.74, 6) is 0.101. The van der Waals surface area contributed by atoms with Gasteiger partial charge in [0.25, 0.3) is 0 Å². The highest BCUT2D eigenvalue weighted by molar-refractivity contribution is 6.22. The maximum absolute atomic E-state index is 13.3. The molecule has 0 radical (unpaired) electrons. The van der Waals surface area contributed by atoms with Crippen molar-refractivity contribution in [1.29, 1.82) is 0 Å². The average Bonchev–Trinajstić information content (AvgIpc) is 2.70. The molecule has 192 valence electrons. The van der Waals surface area contributed by atoms with Gasteiger partial charge in [-0.05, 0) is 43.4 Å². The van der Waals surface area contributed by atoms with Crippen molar-refractivity contribution < 1.29 is 9.59 Å². The Balaban J connectivity index is 3.29. The number of Topliss-reactive ketones (excluding diaryl/α,β-unsaturated/α-hetero) is 2. The van der Waals surface area contributed by atoms with E-state index in [4.69, 9.17) is 0 Å². The molecule has 1 N–H and O–H groups in total. The Morgan fingerprint density at radius 2 is 1.36 bits per heavy atom. The highest BCUT2D eigenvalue weighted by Crippen LogP contribution is 2.40. The van der Waals surface area contributed by atoms with Gasteiger partial charge in [0, 0.05) is 24.1 Å². The maximum atomic E-state index is 13.3. The average molecular weight is 462 g/mol. The van der Waals surface area contributed by atoms with Crippen molar-refractivity contribution in [2.24, 2.45) is 10.8 Å². The summed E-state index contributed by atoms with van der Waals surface area (Å²) in [5.41, 5.74) is 1.25. The Hall–Kier alpha value is -1.12. The quantitative estimate of drug-likeness (QED) is 0.142. The van der Waals surface area contributed by atoms with Crippen LogP contribution in [0.1, 0.15) is 152 Å². The van der Waals surface area contributed by atoms with Gasteiger partial charge < -0.3 is 5.32 Å². The van der Waals surface area contributed by atoms with Crippen LogP contribution in [0.4, 0.5) is 0 Å². The first-order valence-electron chi connectivity index (χ1n) is 14.0. The van der Waals surface area contributed by atoms with E-state index in [1.807, 2.05) is 13.8 Å². The molecule has 0 aromatic heterocycles. The third kappa shape index (κ3) is 9.95. The smallest absolute Gasteiger partial charge is 0.168 e. The van der Waals surface area contributed by atoms with Crippen LogP contribution >= 0.6 is 0 Å². The Morgan fingerprint density at radius 1 is 0.788 bits per heavy atom. The molecule has 0 saturated heterocycles. The molecule has 0 aromatic carbocycles. The molecule has 0 aliphatic heterocycles. The van der Waals surface area contributed by atoms with Crippen molar-refractivity contribution in [2.45, 2.75) is 157 Å². The largest absolute Gasteiger partial charge is 0.382 e. The van der Waals surface area contributed by atoms with Crippen molar-refractivity contribution in [3.05, 3.63) is 11.3 Å². The molecule has 1 fully saturated rings. The van der Waals surface area contributed by atoms with Crippen LogP contribution < -0.4 is 5.32 Å². The van der Waals surface area contributed by atoms with E-state index in [1.165, 1.54) is 32.1 Å². The second-order valence-electron chi connectivity index (χ2n) is 12.3. The van der Waals surface area contributed by atoms with E-state index >= 15 is 0 Å². The highest BCUT2D eigenvalue weighted by atomic mass is 16.2. The molecule has 1 aliphatic rings. The number of rotatable bonds is 16. The topological polar surface area (TPSA) is 46.2 Å². The Morgan fingerprint density at radius 3 is 1.88 bits per heavy atom. The van der Waals surface area contributed by atoms with E-state index in [-0.39, 0.29) is 27.9 Å². The van der Waals surface area contributed by atoms with Gasteiger partial charge in [-0.2, -0.15) is 0 Å². The van der Waals surface area contributed by atoms with Crippen LogP contribution in [0, 0.1) is 10.8 Å². The molecule has 2 atom stereocenters. The van der Waals surface area contributed by atoms with Crippen LogP contribution in [-0.2, 0) is 9.59 Å². The molecule has 0 amide bonds. The first-order chi connectivity index (χ1) is 15.4. The summed E-state index contributed by atoms with van der Waals surface area (Å²) in [6, 6.07) is 0. The number of carbonyl (C=O) groups excluding carboxylic acids is 2. The second kappa shape index (κ2) is 13.7. The predicted octanol–water partition coefficient (Wildman–Crippen LogP) is 8.70. The molecule has 1 rings (SSSR count). The van der Waals surface area contributed by atoms with E-state index in [0.29, 0.717) is 18.4 Å². The second-order valence-corrected chi connectivity index (χ2v) is 12.3. The van der Waals surface area contributed by atoms with Crippen LogP contribution in [0.2, 0.25) is 0 Å². The molecule has 3 heteroatoms. The number of hydrogen-bond donors (Lipinski definition) is 1. The summed E-state index contributed by atoms with van der Waals surface area (Å²) in [5, 5.41) is 3.86. The summed E-state index contributed by atoms with van der Waals surface area (Å²) in [4.78, 5) is 26.6. The first kappa shape index (κ1) is 29.9. The minimum Gasteiger partial charge on any atom is -0.382 e. The minimum atomic E-state index is -0.231. The standard InChI is InChI=1S/C30H55NO2/c1-9-13-15-16-17-19-29(7,12-4)21-24(31-30(8,18-11-3)20-14-10-2)27-25(32)22-28(5,6)23-26(27)33/h31H,9-23H2,1-8H3. The zero-order valence-electron chi connectivity index (χ0n) is 23.4. The highest BCUT2D eigenvalue weighted by Gasteiger charge is 2.39. The lowest BCUT2D eigenvalue weighted by Crippen LogP contribution is -2.45. The van der Waals surface area contributed by atoms with Crippen molar-refractivity contribution in [3.63, 3.8) is 0 Å². The van der Waals surface area contributed by atoms with Crippen molar-refractivity contribution >= 4 is 11.6 Å². The number of allylic oxidation sites excluding steroid dienone is 2. The lowest BCUT2D eigenvalue weighted by Gasteiger charge is -2.39. The Bertz CT molecular complexity index is 640. The lowest BCUT2D eigenvalue weighted by molar-refractivity contribution is -0.127. The Labute approximate surface area is 206 Å². The summed E-state index contributed by atoms with van der Waals surface area (Å²) in [7, 11) is 0. The Kier molecular flexibility index (Phi) is 12.4. The summed E-state index contributed by atoms with van der Waals surface area (Å²) >= 11 is 0. The van der Waals surface area contributed by atoms with E-state index in [9.17, 15) is 9.59 Å². The van der Waals surface area contributed by atoms with Gasteiger partial charge >= 0.3 is 0 Å². The van der Waals surface area contributed by atoms with Crippen LogP contribution in [0.5, 0.6) is 0 Å². The third-order valence-electron chi connectivity index (χ3n) is 7.82. The van der Waals surface area contributed by atoms with Crippen LogP contribution in [0.15, 0.2) is 11.3 Å². The molecule has 0 spiro atoms. The molecular weight excluding hydrogens is 406 g/mol. The van der Waals surface area contributed by atoms with Crippen molar-refractivity contribution in [2.75, 3.05) is 0 Å². The number of unbranched alkanes of at least 4 members (excludes halogenated alkanes) is 5. The molecule has 1 saturated carbocycles.